The highest BCUT2D eigenvalue weighted by atomic mass is 35.5. The number of esters is 1. The molecule has 7 nitrogen and oxygen atoms in total. The summed E-state index contributed by atoms with van der Waals surface area (Å²) in [6.07, 6.45) is 1.93. The lowest BCUT2D eigenvalue weighted by molar-refractivity contribution is -0.118. The van der Waals surface area contributed by atoms with Crippen LogP contribution in [0.25, 0.3) is 0 Å². The number of thiophene rings is 1. The second kappa shape index (κ2) is 9.28. The summed E-state index contributed by atoms with van der Waals surface area (Å²) < 4.78 is 10.3. The number of hydrogen-bond donors (Lipinski definition) is 1. The molecule has 9 heteroatoms. The Labute approximate surface area is 177 Å². The number of hydrogen-bond acceptors (Lipinski definition) is 6. The Morgan fingerprint density at radius 2 is 1.83 bits per heavy atom. The molecule has 1 aliphatic rings. The van der Waals surface area contributed by atoms with Crippen molar-refractivity contribution in [2.75, 3.05) is 32.1 Å². The molecule has 154 valence electrons. The minimum atomic E-state index is -0.604. The van der Waals surface area contributed by atoms with Crippen LogP contribution in [0.15, 0.2) is 24.3 Å². The Balaban J connectivity index is 1.76. The number of amides is 2. The van der Waals surface area contributed by atoms with E-state index in [9.17, 15) is 14.4 Å². The quantitative estimate of drug-likeness (QED) is 0.697. The van der Waals surface area contributed by atoms with E-state index in [0.717, 1.165) is 24.2 Å². The molecule has 29 heavy (non-hydrogen) atoms. The topological polar surface area (TPSA) is 84.9 Å². The highest BCUT2D eigenvalue weighted by molar-refractivity contribution is 7.18. The molecule has 1 aromatic heterocycles. The number of carbonyl (C=O) groups excluding carboxylic acids is 3. The van der Waals surface area contributed by atoms with Gasteiger partial charge in [0.1, 0.15) is 10.8 Å². The molecule has 0 unspecified atom stereocenters. The molecule has 0 bridgehead atoms. The fourth-order valence-electron chi connectivity index (χ4n) is 3.06. The first kappa shape index (κ1) is 21.1. The number of carbonyl (C=O) groups is 3. The third-order valence-electron chi connectivity index (χ3n) is 4.56. The van der Waals surface area contributed by atoms with E-state index in [1.807, 2.05) is 0 Å². The Hall–Kier alpha value is -2.58. The van der Waals surface area contributed by atoms with E-state index in [4.69, 9.17) is 21.1 Å². The first-order valence-corrected chi connectivity index (χ1v) is 10.3. The molecule has 0 saturated carbocycles. The normalized spacial score (nSPS) is 13.3. The van der Waals surface area contributed by atoms with E-state index in [1.54, 1.807) is 36.1 Å². The standard InChI is InChI=1S/C20H21ClN2O5S/c1-12-16(20(26)27-2)18(29-17(12)19(25)23-9-3-4-10-23)22-15(24)11-28-14-7-5-13(21)6-8-14/h5-8H,3-4,9-11H2,1-2H3,(H,22,24). The van der Waals surface area contributed by atoms with Gasteiger partial charge in [-0.25, -0.2) is 4.79 Å². The second-order valence-corrected chi connectivity index (χ2v) is 8.00. The van der Waals surface area contributed by atoms with Gasteiger partial charge in [0.2, 0.25) is 0 Å². The van der Waals surface area contributed by atoms with Crippen molar-refractivity contribution in [2.24, 2.45) is 0 Å². The molecule has 1 aromatic carbocycles. The highest BCUT2D eigenvalue weighted by Crippen LogP contribution is 2.35. The van der Waals surface area contributed by atoms with Crippen LogP contribution >= 0.6 is 22.9 Å². The molecule has 1 fully saturated rings. The SMILES string of the molecule is COC(=O)c1c(NC(=O)COc2ccc(Cl)cc2)sc(C(=O)N2CCCC2)c1C. The maximum atomic E-state index is 12.8. The van der Waals surface area contributed by atoms with Gasteiger partial charge in [-0.05, 0) is 49.6 Å². The summed E-state index contributed by atoms with van der Waals surface area (Å²) in [5.74, 6) is -0.697. The fraction of sp³-hybridized carbons (Fsp3) is 0.350. The van der Waals surface area contributed by atoms with Gasteiger partial charge < -0.3 is 19.7 Å². The Bertz CT molecular complexity index is 920. The summed E-state index contributed by atoms with van der Waals surface area (Å²) in [7, 11) is 1.26. The lowest BCUT2D eigenvalue weighted by Gasteiger charge is -2.14. The molecular weight excluding hydrogens is 416 g/mol. The third kappa shape index (κ3) is 4.89. The van der Waals surface area contributed by atoms with Crippen molar-refractivity contribution < 1.29 is 23.9 Å². The molecular formula is C20H21ClN2O5S. The summed E-state index contributed by atoms with van der Waals surface area (Å²) >= 11 is 6.90. The number of rotatable bonds is 6. The Morgan fingerprint density at radius 1 is 1.17 bits per heavy atom. The molecule has 1 N–H and O–H groups in total. The maximum Gasteiger partial charge on any atom is 0.341 e. The average Bonchev–Trinajstić information content (AvgIpc) is 3.35. The van der Waals surface area contributed by atoms with E-state index >= 15 is 0 Å². The molecule has 0 atom stereocenters. The van der Waals surface area contributed by atoms with Crippen molar-refractivity contribution in [3.05, 3.63) is 45.3 Å². The number of ether oxygens (including phenoxy) is 2. The van der Waals surface area contributed by atoms with Crippen LogP contribution < -0.4 is 10.1 Å². The maximum absolute atomic E-state index is 12.8. The van der Waals surface area contributed by atoms with Crippen molar-refractivity contribution in [1.82, 2.24) is 4.90 Å². The second-order valence-electron chi connectivity index (χ2n) is 6.54. The number of likely N-dealkylation sites (tertiary alicyclic amines) is 1. The summed E-state index contributed by atoms with van der Waals surface area (Å²) in [5.41, 5.74) is 0.701. The largest absolute Gasteiger partial charge is 0.484 e. The first-order chi connectivity index (χ1) is 13.9. The molecule has 2 aromatic rings. The summed E-state index contributed by atoms with van der Waals surface area (Å²) in [4.78, 5) is 39.6. The first-order valence-electron chi connectivity index (χ1n) is 9.10. The van der Waals surface area contributed by atoms with E-state index in [2.05, 4.69) is 5.32 Å². The summed E-state index contributed by atoms with van der Waals surface area (Å²) in [6, 6.07) is 6.61. The predicted octanol–water partition coefficient (Wildman–Crippen LogP) is 3.75. The van der Waals surface area contributed by atoms with Crippen molar-refractivity contribution in [3.8, 4) is 5.75 Å². The number of benzene rings is 1. The zero-order chi connectivity index (χ0) is 21.0. The molecule has 0 aliphatic carbocycles. The summed E-state index contributed by atoms with van der Waals surface area (Å²) in [6.45, 7) is 2.82. The van der Waals surface area contributed by atoms with Crippen molar-refractivity contribution in [3.63, 3.8) is 0 Å². The lowest BCUT2D eigenvalue weighted by Crippen LogP contribution is -2.27. The number of halogens is 1. The van der Waals surface area contributed by atoms with Crippen LogP contribution in [-0.2, 0) is 9.53 Å². The van der Waals surface area contributed by atoms with Crippen LogP contribution in [0.5, 0.6) is 5.75 Å². The van der Waals surface area contributed by atoms with Gasteiger partial charge in [0.25, 0.3) is 11.8 Å². The molecule has 0 spiro atoms. The zero-order valence-corrected chi connectivity index (χ0v) is 17.7. The highest BCUT2D eigenvalue weighted by Gasteiger charge is 2.29. The van der Waals surface area contributed by atoms with Gasteiger partial charge in [-0.1, -0.05) is 11.6 Å². The predicted molar refractivity (Wildman–Crippen MR) is 111 cm³/mol. The Kier molecular flexibility index (Phi) is 6.76. The van der Waals surface area contributed by atoms with Gasteiger partial charge in [0, 0.05) is 18.1 Å². The monoisotopic (exact) mass is 436 g/mol. The van der Waals surface area contributed by atoms with E-state index < -0.39 is 11.9 Å². The minimum absolute atomic E-state index is 0.131. The smallest absolute Gasteiger partial charge is 0.341 e. The van der Waals surface area contributed by atoms with Crippen LogP contribution in [0.1, 0.15) is 38.4 Å². The van der Waals surface area contributed by atoms with Crippen LogP contribution in [0, 0.1) is 6.92 Å². The van der Waals surface area contributed by atoms with Gasteiger partial charge in [0.15, 0.2) is 6.61 Å². The average molecular weight is 437 g/mol. The van der Waals surface area contributed by atoms with Gasteiger partial charge in [-0.3, -0.25) is 9.59 Å². The van der Waals surface area contributed by atoms with Crippen LogP contribution in [0.4, 0.5) is 5.00 Å². The van der Waals surface area contributed by atoms with Gasteiger partial charge in [-0.2, -0.15) is 0 Å². The molecule has 3 rings (SSSR count). The van der Waals surface area contributed by atoms with E-state index in [1.165, 1.54) is 7.11 Å². The molecule has 2 heterocycles. The molecule has 2 amide bonds. The van der Waals surface area contributed by atoms with Crippen LogP contribution in [-0.4, -0.2) is 49.5 Å². The third-order valence-corrected chi connectivity index (χ3v) is 6.01. The zero-order valence-electron chi connectivity index (χ0n) is 16.1. The molecule has 0 radical (unpaired) electrons. The van der Waals surface area contributed by atoms with Crippen molar-refractivity contribution in [1.29, 1.82) is 0 Å². The number of nitrogens with one attached hydrogen (secondary N) is 1. The van der Waals surface area contributed by atoms with Crippen LogP contribution in [0.2, 0.25) is 5.02 Å². The van der Waals surface area contributed by atoms with Gasteiger partial charge in [0.05, 0.1) is 17.6 Å². The Morgan fingerprint density at radius 3 is 2.45 bits per heavy atom. The summed E-state index contributed by atoms with van der Waals surface area (Å²) in [5, 5.41) is 3.51. The number of anilines is 1. The number of methoxy groups -OCH3 is 1. The fourth-order valence-corrected chi connectivity index (χ4v) is 4.36. The lowest BCUT2D eigenvalue weighted by atomic mass is 10.1. The van der Waals surface area contributed by atoms with Gasteiger partial charge >= 0.3 is 5.97 Å². The molecule has 1 saturated heterocycles. The minimum Gasteiger partial charge on any atom is -0.484 e. The van der Waals surface area contributed by atoms with Crippen LogP contribution in [0.3, 0.4) is 0 Å². The van der Waals surface area contributed by atoms with Gasteiger partial charge in [-0.15, -0.1) is 11.3 Å². The van der Waals surface area contributed by atoms with Crippen molar-refractivity contribution >= 4 is 45.7 Å². The van der Waals surface area contributed by atoms with E-state index in [-0.39, 0.29) is 23.1 Å². The van der Waals surface area contributed by atoms with E-state index in [0.29, 0.717) is 34.3 Å². The molecule has 1 aliphatic heterocycles. The number of nitrogens with zero attached hydrogens (tertiary/aromatic N) is 1. The van der Waals surface area contributed by atoms with Crippen molar-refractivity contribution in [2.45, 2.75) is 19.8 Å².